The molecule has 5 heteroatoms. The smallest absolute Gasteiger partial charge is 0.474 e. The van der Waals surface area contributed by atoms with Gasteiger partial charge in [-0.1, -0.05) is 34.1 Å². The van der Waals surface area contributed by atoms with Crippen LogP contribution in [0.2, 0.25) is 6.04 Å². The monoisotopic (exact) mass is 332 g/mol. The van der Waals surface area contributed by atoms with Gasteiger partial charge in [0.15, 0.2) is 6.29 Å². The van der Waals surface area contributed by atoms with Gasteiger partial charge in [0.1, 0.15) is 0 Å². The van der Waals surface area contributed by atoms with Crippen LogP contribution in [-0.2, 0) is 18.0 Å². The maximum atomic E-state index is 6.08. The van der Waals surface area contributed by atoms with E-state index in [1.165, 1.54) is 6.42 Å². The van der Waals surface area contributed by atoms with Crippen molar-refractivity contribution in [2.24, 2.45) is 11.8 Å². The van der Waals surface area contributed by atoms with Crippen LogP contribution in [0.1, 0.15) is 61.3 Å². The number of hydrogen-bond donors (Lipinski definition) is 0. The third kappa shape index (κ3) is 9.61. The molecule has 0 aromatic heterocycles. The summed E-state index contributed by atoms with van der Waals surface area (Å²) < 4.78 is 23.5. The van der Waals surface area contributed by atoms with Crippen molar-refractivity contribution >= 4 is 8.80 Å². The van der Waals surface area contributed by atoms with E-state index in [0.29, 0.717) is 25.0 Å². The van der Waals surface area contributed by atoms with E-state index >= 15 is 0 Å². The lowest BCUT2D eigenvalue weighted by atomic mass is 10.1. The first-order valence-electron chi connectivity index (χ1n) is 8.65. The van der Waals surface area contributed by atoms with Gasteiger partial charge in [0.25, 0.3) is 0 Å². The maximum absolute atomic E-state index is 6.08. The van der Waals surface area contributed by atoms with E-state index in [4.69, 9.17) is 18.0 Å². The molecule has 0 radical (unpaired) electrons. The molecule has 2 atom stereocenters. The molecule has 0 aromatic rings. The molecule has 0 aliphatic rings. The van der Waals surface area contributed by atoms with Crippen LogP contribution in [0, 0.1) is 11.8 Å². The quantitative estimate of drug-likeness (QED) is 0.271. The molecule has 0 spiro atoms. The SMILES string of the molecule is CCO[Si](CC(C)C)(OCC)OC(C)OC=CCC(C)CC. The van der Waals surface area contributed by atoms with Crippen molar-refractivity contribution in [1.29, 1.82) is 0 Å². The number of rotatable bonds is 13. The summed E-state index contributed by atoms with van der Waals surface area (Å²) in [5.41, 5.74) is 0. The minimum Gasteiger partial charge on any atom is -0.474 e. The number of hydrogen-bond acceptors (Lipinski definition) is 4. The van der Waals surface area contributed by atoms with Gasteiger partial charge in [-0.3, -0.25) is 0 Å². The van der Waals surface area contributed by atoms with E-state index < -0.39 is 8.80 Å². The predicted molar refractivity (Wildman–Crippen MR) is 93.5 cm³/mol. The van der Waals surface area contributed by atoms with E-state index in [1.807, 2.05) is 20.8 Å². The molecule has 22 heavy (non-hydrogen) atoms. The van der Waals surface area contributed by atoms with Gasteiger partial charge in [-0.15, -0.1) is 0 Å². The second kappa shape index (κ2) is 12.1. The van der Waals surface area contributed by atoms with Crippen LogP contribution in [0.3, 0.4) is 0 Å². The van der Waals surface area contributed by atoms with Gasteiger partial charge >= 0.3 is 8.80 Å². The Kier molecular flexibility index (Phi) is 11.9. The number of ether oxygens (including phenoxy) is 1. The lowest BCUT2D eigenvalue weighted by molar-refractivity contribution is -0.0731. The zero-order chi connectivity index (χ0) is 17.0. The Balaban J connectivity index is 4.55. The third-order valence-electron chi connectivity index (χ3n) is 3.33. The first kappa shape index (κ1) is 21.6. The van der Waals surface area contributed by atoms with Crippen molar-refractivity contribution in [3.05, 3.63) is 12.3 Å². The Labute approximate surface area is 138 Å². The molecule has 0 amide bonds. The van der Waals surface area contributed by atoms with Crippen molar-refractivity contribution in [3.8, 4) is 0 Å². The highest BCUT2D eigenvalue weighted by atomic mass is 28.4. The van der Waals surface area contributed by atoms with Gasteiger partial charge in [0.2, 0.25) is 0 Å². The Hall–Kier alpha value is -0.363. The first-order chi connectivity index (χ1) is 10.4. The van der Waals surface area contributed by atoms with Gasteiger partial charge in [-0.05, 0) is 45.1 Å². The van der Waals surface area contributed by atoms with Crippen molar-refractivity contribution in [2.45, 2.75) is 73.6 Å². The molecular formula is C17H36O4Si. The standard InChI is InChI=1S/C17H36O4Si/c1-8-16(6)12-11-13-18-17(7)21-22(19-9-2,20-10-3)14-15(4)5/h11,13,15-17H,8-10,12,14H2,1-7H3. The number of allylic oxidation sites excluding steroid dienone is 1. The minimum atomic E-state index is -2.67. The highest BCUT2D eigenvalue weighted by molar-refractivity contribution is 6.60. The van der Waals surface area contributed by atoms with Gasteiger partial charge in [-0.25, -0.2) is 0 Å². The fraction of sp³-hybridized carbons (Fsp3) is 0.882. The molecule has 0 heterocycles. The molecular weight excluding hydrogens is 296 g/mol. The van der Waals surface area contributed by atoms with Crippen molar-refractivity contribution in [2.75, 3.05) is 13.2 Å². The van der Waals surface area contributed by atoms with E-state index in [0.717, 1.165) is 12.5 Å². The Morgan fingerprint density at radius 1 is 0.955 bits per heavy atom. The molecule has 132 valence electrons. The molecule has 0 bridgehead atoms. The Morgan fingerprint density at radius 2 is 1.55 bits per heavy atom. The van der Waals surface area contributed by atoms with Crippen LogP contribution in [0.15, 0.2) is 12.3 Å². The average Bonchev–Trinajstić information content (AvgIpc) is 2.43. The molecule has 0 rings (SSSR count). The topological polar surface area (TPSA) is 36.9 Å². The predicted octanol–water partition coefficient (Wildman–Crippen LogP) is 4.98. The summed E-state index contributed by atoms with van der Waals surface area (Å²) in [6.07, 6.45) is 5.63. The molecule has 4 nitrogen and oxygen atoms in total. The molecule has 0 aliphatic carbocycles. The zero-order valence-electron chi connectivity index (χ0n) is 15.6. The van der Waals surface area contributed by atoms with Crippen LogP contribution >= 0.6 is 0 Å². The average molecular weight is 333 g/mol. The second-order valence-corrected chi connectivity index (χ2v) is 8.68. The molecule has 0 aromatic carbocycles. The Morgan fingerprint density at radius 3 is 2.00 bits per heavy atom. The normalized spacial score (nSPS) is 15.5. The second-order valence-electron chi connectivity index (χ2n) is 6.09. The molecule has 2 unspecified atom stereocenters. The molecule has 0 aliphatic heterocycles. The van der Waals surface area contributed by atoms with Crippen LogP contribution in [0.5, 0.6) is 0 Å². The summed E-state index contributed by atoms with van der Waals surface area (Å²) >= 11 is 0. The summed E-state index contributed by atoms with van der Waals surface area (Å²) in [7, 11) is -2.67. The lowest BCUT2D eigenvalue weighted by Gasteiger charge is -2.32. The van der Waals surface area contributed by atoms with E-state index in [1.54, 1.807) is 6.26 Å². The lowest BCUT2D eigenvalue weighted by Crippen LogP contribution is -2.49. The molecule has 0 fully saturated rings. The highest BCUT2D eigenvalue weighted by Crippen LogP contribution is 2.23. The fourth-order valence-corrected chi connectivity index (χ4v) is 5.11. The van der Waals surface area contributed by atoms with Crippen molar-refractivity contribution in [1.82, 2.24) is 0 Å². The first-order valence-corrected chi connectivity index (χ1v) is 10.6. The summed E-state index contributed by atoms with van der Waals surface area (Å²) in [5, 5.41) is 0. The molecule has 0 saturated heterocycles. The fourth-order valence-electron chi connectivity index (χ4n) is 2.12. The summed E-state index contributed by atoms with van der Waals surface area (Å²) in [4.78, 5) is 0. The van der Waals surface area contributed by atoms with Crippen LogP contribution < -0.4 is 0 Å². The highest BCUT2D eigenvalue weighted by Gasteiger charge is 2.43. The largest absolute Gasteiger partial charge is 0.503 e. The summed E-state index contributed by atoms with van der Waals surface area (Å²) in [5.74, 6) is 1.13. The van der Waals surface area contributed by atoms with Crippen LogP contribution in [-0.4, -0.2) is 28.3 Å². The van der Waals surface area contributed by atoms with Crippen LogP contribution in [0.4, 0.5) is 0 Å². The van der Waals surface area contributed by atoms with Gasteiger partial charge in [-0.2, -0.15) is 0 Å². The zero-order valence-corrected chi connectivity index (χ0v) is 16.6. The minimum absolute atomic E-state index is 0.364. The van der Waals surface area contributed by atoms with Crippen molar-refractivity contribution < 1.29 is 18.0 Å². The third-order valence-corrected chi connectivity index (χ3v) is 6.80. The van der Waals surface area contributed by atoms with Gasteiger partial charge in [0, 0.05) is 19.3 Å². The molecule has 0 N–H and O–H groups in total. The van der Waals surface area contributed by atoms with E-state index in [9.17, 15) is 0 Å². The maximum Gasteiger partial charge on any atom is 0.503 e. The van der Waals surface area contributed by atoms with Crippen molar-refractivity contribution in [3.63, 3.8) is 0 Å². The van der Waals surface area contributed by atoms with Crippen LogP contribution in [0.25, 0.3) is 0 Å². The van der Waals surface area contributed by atoms with Gasteiger partial charge in [0.05, 0.1) is 6.26 Å². The summed E-state index contributed by atoms with van der Waals surface area (Å²) in [6.45, 7) is 15.8. The van der Waals surface area contributed by atoms with E-state index in [-0.39, 0.29) is 6.29 Å². The van der Waals surface area contributed by atoms with Gasteiger partial charge < -0.3 is 18.0 Å². The molecule has 0 saturated carbocycles. The summed E-state index contributed by atoms with van der Waals surface area (Å²) in [6, 6.07) is 0.805. The Bertz CT molecular complexity index is 288. The van der Waals surface area contributed by atoms with E-state index in [2.05, 4.69) is 33.8 Å².